The summed E-state index contributed by atoms with van der Waals surface area (Å²) >= 11 is 0. The fourth-order valence-corrected chi connectivity index (χ4v) is 9.09. The Morgan fingerprint density at radius 1 is 0.897 bits per heavy atom. The predicted octanol–water partition coefficient (Wildman–Crippen LogP) is 4.29. The topological polar surface area (TPSA) is 173 Å². The van der Waals surface area contributed by atoms with Crippen molar-refractivity contribution >= 4 is 35.1 Å². The van der Waals surface area contributed by atoms with Gasteiger partial charge < -0.3 is 25.2 Å². The summed E-state index contributed by atoms with van der Waals surface area (Å²) in [5, 5.41) is 17.7. The van der Waals surface area contributed by atoms with Gasteiger partial charge in [0.1, 0.15) is 28.9 Å². The molecule has 58 heavy (non-hydrogen) atoms. The zero-order chi connectivity index (χ0) is 41.4. The molecule has 4 heterocycles. The van der Waals surface area contributed by atoms with Gasteiger partial charge in [0.25, 0.3) is 11.8 Å². The largest absolute Gasteiger partial charge is 0.487 e. The van der Waals surface area contributed by atoms with Gasteiger partial charge >= 0.3 is 0 Å². The van der Waals surface area contributed by atoms with Crippen LogP contribution in [0.5, 0.6) is 5.75 Å². The van der Waals surface area contributed by atoms with E-state index in [-0.39, 0.29) is 35.8 Å². The molecule has 1 aliphatic carbocycles. The highest BCUT2D eigenvalue weighted by atomic mass is 16.5. The summed E-state index contributed by atoms with van der Waals surface area (Å²) in [5.74, 6) is 0.655. The Kier molecular flexibility index (Phi) is 11.2. The van der Waals surface area contributed by atoms with Crippen LogP contribution in [0.4, 0.5) is 11.5 Å². The van der Waals surface area contributed by atoms with Crippen molar-refractivity contribution in [2.45, 2.75) is 90.8 Å². The number of anilines is 2. The van der Waals surface area contributed by atoms with Crippen LogP contribution in [0.1, 0.15) is 97.3 Å². The van der Waals surface area contributed by atoms with E-state index in [2.05, 4.69) is 86.5 Å². The molecule has 1 saturated carbocycles. The average molecular weight is 790 g/mol. The third kappa shape index (κ3) is 8.09. The zero-order valence-electron chi connectivity index (χ0n) is 34.5. The van der Waals surface area contributed by atoms with Gasteiger partial charge in [-0.1, -0.05) is 13.8 Å². The molecule has 2 aromatic carbocycles. The third-order valence-corrected chi connectivity index (χ3v) is 13.5. The van der Waals surface area contributed by atoms with Crippen molar-refractivity contribution in [1.29, 1.82) is 5.26 Å². The highest BCUT2D eigenvalue weighted by molar-refractivity contribution is 6.03. The Morgan fingerprint density at radius 3 is 2.16 bits per heavy atom. The number of piperidine rings is 2. The van der Waals surface area contributed by atoms with Gasteiger partial charge in [0.15, 0.2) is 0 Å². The molecule has 14 heteroatoms. The number of amides is 4. The van der Waals surface area contributed by atoms with Crippen LogP contribution in [0.3, 0.4) is 0 Å². The maximum atomic E-state index is 13.6. The van der Waals surface area contributed by atoms with E-state index < -0.39 is 29.0 Å². The number of ether oxygens (including phenoxy) is 1. The van der Waals surface area contributed by atoms with Crippen LogP contribution >= 0.6 is 0 Å². The standard InChI is InChI=1S/C44H55N9O5/c1-28-21-33(22-29(2)34(28)23-45)58-44(6)27-43(5,42(44,3)4)50-39(55)31-7-9-32(10-8-31)52-15-13-30(14-16-52)26-51-17-19-53(20-18-51)37-25-46-36(24-47-37)41(57)48-35-11-12-38(54)49-40(35)56/h7-10,21-22,24-25,30,35H,11-20,26-27H2,1-6H3,(H,48,57)(H,50,55)(H,49,54,56)/t35-,43?,44?/m0/s1. The quantitative estimate of drug-likeness (QED) is 0.250. The van der Waals surface area contributed by atoms with Crippen molar-refractivity contribution in [1.82, 2.24) is 30.8 Å². The van der Waals surface area contributed by atoms with Crippen molar-refractivity contribution in [3.05, 3.63) is 76.7 Å². The number of nitrogens with zero attached hydrogens (tertiary/aromatic N) is 6. The maximum Gasteiger partial charge on any atom is 0.272 e. The second-order valence-corrected chi connectivity index (χ2v) is 17.5. The van der Waals surface area contributed by atoms with Gasteiger partial charge in [0.2, 0.25) is 11.8 Å². The lowest BCUT2D eigenvalue weighted by atomic mass is 9.48. The van der Waals surface area contributed by atoms with Crippen molar-refractivity contribution in [2.24, 2.45) is 11.3 Å². The molecule has 4 fully saturated rings. The number of piperazine rings is 1. The van der Waals surface area contributed by atoms with Gasteiger partial charge in [-0.05, 0) is 100 Å². The normalized spacial score (nSPS) is 24.9. The molecular weight excluding hydrogens is 735 g/mol. The molecule has 0 spiro atoms. The molecule has 3 N–H and O–H groups in total. The number of hydrogen-bond donors (Lipinski definition) is 3. The summed E-state index contributed by atoms with van der Waals surface area (Å²) in [5.41, 5.74) is 3.04. The second kappa shape index (κ2) is 16.0. The molecule has 2 unspecified atom stereocenters. The summed E-state index contributed by atoms with van der Waals surface area (Å²) in [7, 11) is 0. The third-order valence-electron chi connectivity index (χ3n) is 13.5. The summed E-state index contributed by atoms with van der Waals surface area (Å²) in [4.78, 5) is 65.5. The number of aromatic nitrogens is 2. The summed E-state index contributed by atoms with van der Waals surface area (Å²) < 4.78 is 6.58. The molecule has 4 amide bonds. The average Bonchev–Trinajstić information content (AvgIpc) is 3.19. The number of hydrogen-bond acceptors (Lipinski definition) is 11. The first kappa shape index (κ1) is 40.6. The van der Waals surface area contributed by atoms with E-state index in [9.17, 15) is 24.4 Å². The van der Waals surface area contributed by atoms with Crippen LogP contribution in [0.15, 0.2) is 48.8 Å². The van der Waals surface area contributed by atoms with Gasteiger partial charge in [-0.25, -0.2) is 9.97 Å². The number of benzene rings is 2. The smallest absolute Gasteiger partial charge is 0.272 e. The van der Waals surface area contributed by atoms with E-state index in [0.29, 0.717) is 29.3 Å². The Labute approximate surface area is 340 Å². The predicted molar refractivity (Wildman–Crippen MR) is 220 cm³/mol. The lowest BCUT2D eigenvalue weighted by molar-refractivity contribution is -0.180. The number of imide groups is 1. The molecule has 4 aliphatic rings. The number of aryl methyl sites for hydroxylation is 2. The van der Waals surface area contributed by atoms with Crippen molar-refractivity contribution in [2.75, 3.05) is 55.6 Å². The fourth-order valence-electron chi connectivity index (χ4n) is 9.09. The molecule has 0 bridgehead atoms. The van der Waals surface area contributed by atoms with Crippen LogP contribution in [0.2, 0.25) is 0 Å². The molecule has 1 aromatic heterocycles. The van der Waals surface area contributed by atoms with Gasteiger partial charge in [-0.15, -0.1) is 0 Å². The summed E-state index contributed by atoms with van der Waals surface area (Å²) in [6.07, 6.45) is 6.35. The molecule has 14 nitrogen and oxygen atoms in total. The molecule has 3 aromatic rings. The second-order valence-electron chi connectivity index (χ2n) is 17.5. The number of carbonyl (C=O) groups is 4. The van der Waals surface area contributed by atoms with Crippen LogP contribution < -0.4 is 30.5 Å². The first-order valence-corrected chi connectivity index (χ1v) is 20.4. The highest BCUT2D eigenvalue weighted by Gasteiger charge is 2.67. The van der Waals surface area contributed by atoms with Crippen molar-refractivity contribution < 1.29 is 23.9 Å². The van der Waals surface area contributed by atoms with Crippen LogP contribution in [-0.2, 0) is 9.59 Å². The Morgan fingerprint density at radius 2 is 1.57 bits per heavy atom. The number of nitrogens with one attached hydrogen (secondary N) is 3. The van der Waals surface area contributed by atoms with E-state index in [1.165, 1.54) is 6.20 Å². The minimum atomic E-state index is -0.758. The minimum absolute atomic E-state index is 0.0912. The van der Waals surface area contributed by atoms with Gasteiger partial charge in [-0.3, -0.25) is 29.4 Å². The molecule has 3 aliphatic heterocycles. The first-order chi connectivity index (χ1) is 27.6. The van der Waals surface area contributed by atoms with E-state index >= 15 is 0 Å². The first-order valence-electron chi connectivity index (χ1n) is 20.4. The molecular formula is C44H55N9O5. The van der Waals surface area contributed by atoms with E-state index in [1.54, 1.807) is 6.20 Å². The zero-order valence-corrected chi connectivity index (χ0v) is 34.5. The monoisotopic (exact) mass is 789 g/mol. The summed E-state index contributed by atoms with van der Waals surface area (Å²) in [6.45, 7) is 18.8. The SMILES string of the molecule is Cc1cc(OC2(C)CC(C)(NC(=O)c3ccc(N4CCC(CN5CCN(c6cnc(C(=O)N[C@H]7CCC(=O)NC7=O)cn6)CC5)CC4)cc3)C2(C)C)cc(C)c1C#N. The van der Waals surface area contributed by atoms with Crippen LogP contribution in [0, 0.1) is 36.5 Å². The van der Waals surface area contributed by atoms with Gasteiger partial charge in [0, 0.05) is 75.3 Å². The van der Waals surface area contributed by atoms with E-state index in [4.69, 9.17) is 4.74 Å². The molecule has 306 valence electrons. The lowest BCUT2D eigenvalue weighted by Gasteiger charge is -2.65. The lowest BCUT2D eigenvalue weighted by Crippen LogP contribution is -2.77. The molecule has 3 atom stereocenters. The Bertz CT molecular complexity index is 2080. The van der Waals surface area contributed by atoms with Crippen LogP contribution in [-0.4, -0.2) is 101 Å². The van der Waals surface area contributed by atoms with E-state index in [1.807, 2.05) is 38.1 Å². The molecule has 7 rings (SSSR count). The minimum Gasteiger partial charge on any atom is -0.487 e. The number of rotatable bonds is 10. The Hall–Kier alpha value is -5.55. The summed E-state index contributed by atoms with van der Waals surface area (Å²) in [6, 6.07) is 13.3. The van der Waals surface area contributed by atoms with Crippen LogP contribution in [0.25, 0.3) is 0 Å². The van der Waals surface area contributed by atoms with Gasteiger partial charge in [0.05, 0.1) is 29.6 Å². The Balaban J connectivity index is 0.837. The van der Waals surface area contributed by atoms with Gasteiger partial charge in [-0.2, -0.15) is 5.26 Å². The van der Waals surface area contributed by atoms with Crippen molar-refractivity contribution in [3.63, 3.8) is 0 Å². The highest BCUT2D eigenvalue weighted by Crippen LogP contribution is 2.58. The fraction of sp³-hybridized carbons (Fsp3) is 0.523. The number of nitriles is 1. The number of carbonyl (C=O) groups excluding carboxylic acids is 4. The maximum absolute atomic E-state index is 13.6. The molecule has 0 radical (unpaired) electrons. The van der Waals surface area contributed by atoms with Crippen molar-refractivity contribution in [3.8, 4) is 11.8 Å². The van der Waals surface area contributed by atoms with E-state index in [0.717, 1.165) is 81.2 Å². The molecule has 3 saturated heterocycles.